The molecular formula is C19H16N6O2. The number of aryl methyl sites for hydroxylation is 1. The lowest BCUT2D eigenvalue weighted by Crippen LogP contribution is -2.24. The van der Waals surface area contributed by atoms with Crippen LogP contribution in [0.1, 0.15) is 21.7 Å². The summed E-state index contributed by atoms with van der Waals surface area (Å²) in [6.45, 7) is 2.07. The molecule has 0 fully saturated rings. The zero-order chi connectivity index (χ0) is 18.8. The molecule has 1 amide bonds. The van der Waals surface area contributed by atoms with E-state index in [1.165, 1.54) is 0 Å². The largest absolute Gasteiger partial charge is 0.345 e. The second-order valence-corrected chi connectivity index (χ2v) is 6.12. The van der Waals surface area contributed by atoms with Crippen LogP contribution in [0.2, 0.25) is 0 Å². The highest BCUT2D eigenvalue weighted by Crippen LogP contribution is 2.25. The SMILES string of the molecule is Cc1ccc2nc(-c3cccnc3)cc(C(=O)NCc3n[nH]c(=O)[nH]3)c2c1. The van der Waals surface area contributed by atoms with E-state index in [4.69, 9.17) is 0 Å². The highest BCUT2D eigenvalue weighted by atomic mass is 16.2. The average molecular weight is 360 g/mol. The van der Waals surface area contributed by atoms with Crippen LogP contribution in [0, 0.1) is 6.92 Å². The van der Waals surface area contributed by atoms with Crippen LogP contribution >= 0.6 is 0 Å². The first-order valence-electron chi connectivity index (χ1n) is 8.34. The molecule has 0 atom stereocenters. The minimum Gasteiger partial charge on any atom is -0.345 e. The Bertz CT molecular complexity index is 1180. The monoisotopic (exact) mass is 360 g/mol. The number of benzene rings is 1. The Morgan fingerprint density at radius 3 is 2.85 bits per heavy atom. The van der Waals surface area contributed by atoms with Crippen LogP contribution in [0.15, 0.2) is 53.6 Å². The molecule has 0 saturated carbocycles. The number of aromatic amines is 2. The van der Waals surface area contributed by atoms with E-state index in [9.17, 15) is 9.59 Å². The molecule has 0 spiro atoms. The number of carbonyl (C=O) groups is 1. The second kappa shape index (κ2) is 6.83. The van der Waals surface area contributed by atoms with E-state index < -0.39 is 5.69 Å². The van der Waals surface area contributed by atoms with Crippen molar-refractivity contribution in [1.29, 1.82) is 0 Å². The minimum atomic E-state index is -0.414. The van der Waals surface area contributed by atoms with Gasteiger partial charge in [-0.1, -0.05) is 11.6 Å². The van der Waals surface area contributed by atoms with Gasteiger partial charge in [0.25, 0.3) is 5.91 Å². The third kappa shape index (κ3) is 3.45. The van der Waals surface area contributed by atoms with Crippen molar-refractivity contribution in [2.75, 3.05) is 0 Å². The third-order valence-electron chi connectivity index (χ3n) is 4.13. The summed E-state index contributed by atoms with van der Waals surface area (Å²) in [5.74, 6) is 0.0809. The maximum absolute atomic E-state index is 12.8. The van der Waals surface area contributed by atoms with Gasteiger partial charge in [-0.25, -0.2) is 14.9 Å². The molecular weight excluding hydrogens is 344 g/mol. The van der Waals surface area contributed by atoms with Crippen molar-refractivity contribution in [3.05, 3.63) is 76.2 Å². The molecule has 0 unspecified atom stereocenters. The van der Waals surface area contributed by atoms with Gasteiger partial charge in [-0.3, -0.25) is 14.8 Å². The van der Waals surface area contributed by atoms with Gasteiger partial charge in [0, 0.05) is 23.3 Å². The summed E-state index contributed by atoms with van der Waals surface area (Å²) in [5, 5.41) is 9.61. The zero-order valence-electron chi connectivity index (χ0n) is 14.5. The Morgan fingerprint density at radius 2 is 2.11 bits per heavy atom. The zero-order valence-corrected chi connectivity index (χ0v) is 14.5. The molecule has 8 heteroatoms. The van der Waals surface area contributed by atoms with E-state index in [1.807, 2.05) is 37.3 Å². The van der Waals surface area contributed by atoms with E-state index in [2.05, 4.69) is 30.5 Å². The number of carbonyl (C=O) groups excluding carboxylic acids is 1. The van der Waals surface area contributed by atoms with Gasteiger partial charge in [0.1, 0.15) is 5.82 Å². The topological polar surface area (TPSA) is 116 Å². The Morgan fingerprint density at radius 1 is 1.22 bits per heavy atom. The number of fused-ring (bicyclic) bond motifs is 1. The van der Waals surface area contributed by atoms with Crippen molar-refractivity contribution in [1.82, 2.24) is 30.5 Å². The predicted octanol–water partition coefficient (Wildman–Crippen LogP) is 1.95. The van der Waals surface area contributed by atoms with E-state index in [0.717, 1.165) is 22.0 Å². The first-order valence-corrected chi connectivity index (χ1v) is 8.34. The van der Waals surface area contributed by atoms with Crippen molar-refractivity contribution in [2.24, 2.45) is 0 Å². The fraction of sp³-hybridized carbons (Fsp3) is 0.105. The van der Waals surface area contributed by atoms with Gasteiger partial charge in [-0.2, -0.15) is 5.10 Å². The molecule has 3 aromatic heterocycles. The third-order valence-corrected chi connectivity index (χ3v) is 4.13. The Kier molecular flexibility index (Phi) is 4.21. The lowest BCUT2D eigenvalue weighted by Gasteiger charge is -2.10. The minimum absolute atomic E-state index is 0.107. The van der Waals surface area contributed by atoms with E-state index in [-0.39, 0.29) is 12.5 Å². The number of amides is 1. The summed E-state index contributed by atoms with van der Waals surface area (Å²) >= 11 is 0. The fourth-order valence-electron chi connectivity index (χ4n) is 2.84. The van der Waals surface area contributed by atoms with Gasteiger partial charge in [0.2, 0.25) is 0 Å². The molecule has 0 aliphatic rings. The number of aromatic nitrogens is 5. The van der Waals surface area contributed by atoms with Crippen LogP contribution in [0.3, 0.4) is 0 Å². The highest BCUT2D eigenvalue weighted by Gasteiger charge is 2.15. The van der Waals surface area contributed by atoms with Gasteiger partial charge in [-0.05, 0) is 37.3 Å². The molecule has 3 N–H and O–H groups in total. The summed E-state index contributed by atoms with van der Waals surface area (Å²) in [6.07, 6.45) is 3.39. The molecule has 3 heterocycles. The number of nitrogens with zero attached hydrogens (tertiary/aromatic N) is 3. The Hall–Kier alpha value is -3.81. The molecule has 0 bridgehead atoms. The average Bonchev–Trinajstić information content (AvgIpc) is 3.11. The lowest BCUT2D eigenvalue weighted by molar-refractivity contribution is 0.0951. The van der Waals surface area contributed by atoms with E-state index in [1.54, 1.807) is 18.5 Å². The summed E-state index contributed by atoms with van der Waals surface area (Å²) in [6, 6.07) is 11.3. The lowest BCUT2D eigenvalue weighted by atomic mass is 10.0. The van der Waals surface area contributed by atoms with Crippen LogP contribution < -0.4 is 11.0 Å². The number of hydrogen-bond donors (Lipinski definition) is 3. The van der Waals surface area contributed by atoms with Gasteiger partial charge in [0.05, 0.1) is 23.3 Å². The highest BCUT2D eigenvalue weighted by molar-refractivity contribution is 6.07. The van der Waals surface area contributed by atoms with Crippen LogP contribution in [0.5, 0.6) is 0 Å². The van der Waals surface area contributed by atoms with Gasteiger partial charge < -0.3 is 5.32 Å². The van der Waals surface area contributed by atoms with Crippen LogP contribution in [0.4, 0.5) is 0 Å². The van der Waals surface area contributed by atoms with Crippen molar-refractivity contribution in [3.63, 3.8) is 0 Å². The molecule has 0 aliphatic heterocycles. The van der Waals surface area contributed by atoms with Crippen molar-refractivity contribution in [2.45, 2.75) is 13.5 Å². The molecule has 4 aromatic rings. The van der Waals surface area contributed by atoms with Crippen molar-refractivity contribution >= 4 is 16.8 Å². The standard InChI is InChI=1S/C19H16N6O2/c1-11-4-5-15-13(7-11)14(8-16(22-15)12-3-2-6-20-9-12)18(26)21-10-17-23-19(27)25-24-17/h2-9H,10H2,1H3,(H,21,26)(H2,23,24,25,27). The van der Waals surface area contributed by atoms with Gasteiger partial charge >= 0.3 is 5.69 Å². The molecule has 1 aromatic carbocycles. The second-order valence-electron chi connectivity index (χ2n) is 6.12. The smallest absolute Gasteiger partial charge is 0.340 e. The quantitative estimate of drug-likeness (QED) is 0.514. The Balaban J connectivity index is 1.75. The molecule has 0 radical (unpaired) electrons. The number of H-pyrrole nitrogens is 2. The number of pyridine rings is 2. The fourth-order valence-corrected chi connectivity index (χ4v) is 2.84. The van der Waals surface area contributed by atoms with Crippen molar-refractivity contribution in [3.8, 4) is 11.3 Å². The number of nitrogens with one attached hydrogen (secondary N) is 3. The molecule has 4 rings (SSSR count). The molecule has 0 aliphatic carbocycles. The first kappa shape index (κ1) is 16.6. The van der Waals surface area contributed by atoms with Crippen LogP contribution in [-0.2, 0) is 6.54 Å². The normalized spacial score (nSPS) is 10.9. The van der Waals surface area contributed by atoms with Gasteiger partial charge in [0.15, 0.2) is 0 Å². The molecule has 0 saturated heterocycles. The first-order chi connectivity index (χ1) is 13.1. The van der Waals surface area contributed by atoms with Crippen LogP contribution in [0.25, 0.3) is 22.2 Å². The van der Waals surface area contributed by atoms with E-state index in [0.29, 0.717) is 17.1 Å². The Labute approximate surface area is 153 Å². The van der Waals surface area contributed by atoms with E-state index >= 15 is 0 Å². The molecule has 8 nitrogen and oxygen atoms in total. The summed E-state index contributed by atoms with van der Waals surface area (Å²) in [7, 11) is 0. The summed E-state index contributed by atoms with van der Waals surface area (Å²) < 4.78 is 0. The number of rotatable bonds is 4. The molecule has 134 valence electrons. The summed E-state index contributed by atoms with van der Waals surface area (Å²) in [5.41, 5.74) is 3.33. The maximum atomic E-state index is 12.8. The van der Waals surface area contributed by atoms with Crippen LogP contribution in [-0.4, -0.2) is 31.1 Å². The molecule has 27 heavy (non-hydrogen) atoms. The maximum Gasteiger partial charge on any atom is 0.340 e. The predicted molar refractivity (Wildman–Crippen MR) is 100 cm³/mol. The number of hydrogen-bond acceptors (Lipinski definition) is 5. The van der Waals surface area contributed by atoms with Gasteiger partial charge in [-0.15, -0.1) is 0 Å². The van der Waals surface area contributed by atoms with Crippen molar-refractivity contribution < 1.29 is 4.79 Å². The summed E-state index contributed by atoms with van der Waals surface area (Å²) in [4.78, 5) is 35.3.